The monoisotopic (exact) mass is 341 g/mol. The average molecular weight is 341 g/mol. The Labute approximate surface area is 145 Å². The second-order valence-electron chi connectivity index (χ2n) is 5.37. The maximum atomic E-state index is 12.0. The number of hydrazone groups is 1. The SMILES string of the molecule is CCCOc1ccc(/C=N\NC(=O)c2ccc(C)c([N+](=O)[O-])c2)cc1. The Balaban J connectivity index is 1.98. The quantitative estimate of drug-likeness (QED) is 0.474. The van der Waals surface area contributed by atoms with Crippen molar-refractivity contribution in [1.29, 1.82) is 0 Å². The topological polar surface area (TPSA) is 93.8 Å². The van der Waals surface area contributed by atoms with Crippen molar-refractivity contribution in [2.45, 2.75) is 20.3 Å². The lowest BCUT2D eigenvalue weighted by Crippen LogP contribution is -2.17. The molecule has 0 spiro atoms. The number of carbonyl (C=O) groups excluding carboxylic acids is 1. The molecule has 2 aromatic rings. The number of nitrogens with one attached hydrogen (secondary N) is 1. The number of benzene rings is 2. The lowest BCUT2D eigenvalue weighted by molar-refractivity contribution is -0.385. The van der Waals surface area contributed by atoms with Gasteiger partial charge in [-0.25, -0.2) is 5.43 Å². The molecule has 0 fully saturated rings. The minimum Gasteiger partial charge on any atom is -0.494 e. The molecule has 0 aromatic heterocycles. The van der Waals surface area contributed by atoms with Gasteiger partial charge in [-0.3, -0.25) is 14.9 Å². The van der Waals surface area contributed by atoms with Crippen LogP contribution in [-0.2, 0) is 0 Å². The number of aryl methyl sites for hydroxylation is 1. The van der Waals surface area contributed by atoms with Crippen LogP contribution in [0.2, 0.25) is 0 Å². The molecule has 0 aliphatic heterocycles. The summed E-state index contributed by atoms with van der Waals surface area (Å²) < 4.78 is 5.48. The van der Waals surface area contributed by atoms with Crippen LogP contribution in [0.3, 0.4) is 0 Å². The molecular weight excluding hydrogens is 322 g/mol. The van der Waals surface area contributed by atoms with Gasteiger partial charge in [0, 0.05) is 17.2 Å². The van der Waals surface area contributed by atoms with E-state index in [4.69, 9.17) is 4.74 Å². The lowest BCUT2D eigenvalue weighted by atomic mass is 10.1. The van der Waals surface area contributed by atoms with Crippen LogP contribution in [0, 0.1) is 17.0 Å². The summed E-state index contributed by atoms with van der Waals surface area (Å²) in [7, 11) is 0. The van der Waals surface area contributed by atoms with E-state index in [9.17, 15) is 14.9 Å². The van der Waals surface area contributed by atoms with Gasteiger partial charge < -0.3 is 4.74 Å². The van der Waals surface area contributed by atoms with Crippen molar-refractivity contribution < 1.29 is 14.5 Å². The molecule has 0 saturated carbocycles. The number of nitro groups is 1. The van der Waals surface area contributed by atoms with E-state index in [0.29, 0.717) is 12.2 Å². The van der Waals surface area contributed by atoms with Crippen LogP contribution >= 0.6 is 0 Å². The Morgan fingerprint density at radius 2 is 2.00 bits per heavy atom. The molecule has 25 heavy (non-hydrogen) atoms. The van der Waals surface area contributed by atoms with E-state index in [-0.39, 0.29) is 11.3 Å². The third-order valence-electron chi connectivity index (χ3n) is 3.40. The van der Waals surface area contributed by atoms with Gasteiger partial charge in [-0.2, -0.15) is 5.10 Å². The molecule has 0 atom stereocenters. The second kappa shape index (κ2) is 8.58. The third kappa shape index (κ3) is 5.13. The number of rotatable bonds is 7. The molecule has 0 radical (unpaired) electrons. The van der Waals surface area contributed by atoms with E-state index in [1.807, 2.05) is 31.2 Å². The van der Waals surface area contributed by atoms with Crippen LogP contribution in [0.5, 0.6) is 5.75 Å². The minimum atomic E-state index is -0.516. The zero-order valence-corrected chi connectivity index (χ0v) is 14.1. The number of nitro benzene ring substituents is 1. The van der Waals surface area contributed by atoms with Gasteiger partial charge in [0.05, 0.1) is 17.7 Å². The first-order valence-corrected chi connectivity index (χ1v) is 7.82. The molecule has 0 bridgehead atoms. The van der Waals surface area contributed by atoms with Crippen LogP contribution in [0.25, 0.3) is 0 Å². The molecule has 0 heterocycles. The highest BCUT2D eigenvalue weighted by atomic mass is 16.6. The number of ether oxygens (including phenoxy) is 1. The fourth-order valence-corrected chi connectivity index (χ4v) is 2.05. The molecule has 0 aliphatic carbocycles. The van der Waals surface area contributed by atoms with Crippen LogP contribution in [-0.4, -0.2) is 23.7 Å². The van der Waals surface area contributed by atoms with Gasteiger partial charge in [-0.05, 0) is 49.2 Å². The van der Waals surface area contributed by atoms with Crippen molar-refractivity contribution in [3.05, 3.63) is 69.3 Å². The fourth-order valence-electron chi connectivity index (χ4n) is 2.05. The summed E-state index contributed by atoms with van der Waals surface area (Å²) in [6.45, 7) is 4.31. The van der Waals surface area contributed by atoms with Crippen LogP contribution in [0.4, 0.5) is 5.69 Å². The normalized spacial score (nSPS) is 10.6. The third-order valence-corrected chi connectivity index (χ3v) is 3.40. The van der Waals surface area contributed by atoms with E-state index in [2.05, 4.69) is 10.5 Å². The molecule has 1 N–H and O–H groups in total. The summed E-state index contributed by atoms with van der Waals surface area (Å²) in [5.41, 5.74) is 3.73. The van der Waals surface area contributed by atoms with Crippen LogP contribution in [0.1, 0.15) is 34.8 Å². The fraction of sp³-hybridized carbons (Fsp3) is 0.222. The van der Waals surface area contributed by atoms with Crippen LogP contribution < -0.4 is 10.2 Å². The Morgan fingerprint density at radius 1 is 1.28 bits per heavy atom. The van der Waals surface area contributed by atoms with Crippen molar-refractivity contribution in [3.8, 4) is 5.75 Å². The summed E-state index contributed by atoms with van der Waals surface area (Å²) in [5, 5.41) is 14.8. The molecule has 1 amide bonds. The Kier molecular flexibility index (Phi) is 6.22. The highest BCUT2D eigenvalue weighted by Crippen LogP contribution is 2.19. The zero-order chi connectivity index (χ0) is 18.2. The molecule has 7 heteroatoms. The number of amides is 1. The molecule has 0 saturated heterocycles. The summed E-state index contributed by atoms with van der Waals surface area (Å²) in [6, 6.07) is 11.6. The van der Waals surface area contributed by atoms with Crippen molar-refractivity contribution in [1.82, 2.24) is 5.43 Å². The van der Waals surface area contributed by atoms with Crippen molar-refractivity contribution >= 4 is 17.8 Å². The van der Waals surface area contributed by atoms with Crippen molar-refractivity contribution in [3.63, 3.8) is 0 Å². The maximum absolute atomic E-state index is 12.0. The summed E-state index contributed by atoms with van der Waals surface area (Å²) in [6.07, 6.45) is 2.43. The zero-order valence-electron chi connectivity index (χ0n) is 14.1. The van der Waals surface area contributed by atoms with Gasteiger partial charge in [0.15, 0.2) is 0 Å². The van der Waals surface area contributed by atoms with Gasteiger partial charge >= 0.3 is 0 Å². The van der Waals surface area contributed by atoms with E-state index < -0.39 is 10.8 Å². The van der Waals surface area contributed by atoms with Gasteiger partial charge in [0.1, 0.15) is 5.75 Å². The van der Waals surface area contributed by atoms with E-state index in [0.717, 1.165) is 17.7 Å². The van der Waals surface area contributed by atoms with E-state index >= 15 is 0 Å². The predicted molar refractivity (Wildman–Crippen MR) is 95.1 cm³/mol. The standard InChI is InChI=1S/C18H19N3O4/c1-3-10-25-16-8-5-14(6-9-16)12-19-20-18(22)15-7-4-13(2)17(11-15)21(23)24/h4-9,11-12H,3,10H2,1-2H3,(H,20,22)/b19-12-. The Morgan fingerprint density at radius 3 is 2.64 bits per heavy atom. The average Bonchev–Trinajstić information content (AvgIpc) is 2.61. The molecule has 130 valence electrons. The van der Waals surface area contributed by atoms with Crippen LogP contribution in [0.15, 0.2) is 47.6 Å². The van der Waals surface area contributed by atoms with Crippen molar-refractivity contribution in [2.24, 2.45) is 5.10 Å². The van der Waals surface area contributed by atoms with Gasteiger partial charge in [0.2, 0.25) is 0 Å². The molecule has 2 rings (SSSR count). The summed E-state index contributed by atoms with van der Waals surface area (Å²) >= 11 is 0. The Hall–Kier alpha value is -3.22. The van der Waals surface area contributed by atoms with Gasteiger partial charge in [-0.1, -0.05) is 13.0 Å². The molecule has 0 unspecified atom stereocenters. The summed E-state index contributed by atoms with van der Waals surface area (Å²) in [5.74, 6) is 0.261. The van der Waals surface area contributed by atoms with E-state index in [1.165, 1.54) is 24.4 Å². The van der Waals surface area contributed by atoms with E-state index in [1.54, 1.807) is 6.92 Å². The minimum absolute atomic E-state index is 0.0979. The predicted octanol–water partition coefficient (Wildman–Crippen LogP) is 3.46. The first-order valence-electron chi connectivity index (χ1n) is 7.82. The molecule has 0 aliphatic rings. The number of carbonyl (C=O) groups is 1. The molecule has 7 nitrogen and oxygen atoms in total. The molecular formula is C18H19N3O4. The largest absolute Gasteiger partial charge is 0.494 e. The summed E-state index contributed by atoms with van der Waals surface area (Å²) in [4.78, 5) is 22.4. The number of nitrogens with zero attached hydrogens (tertiary/aromatic N) is 2. The maximum Gasteiger partial charge on any atom is 0.273 e. The van der Waals surface area contributed by atoms with Gasteiger partial charge in [0.25, 0.3) is 11.6 Å². The van der Waals surface area contributed by atoms with Crippen molar-refractivity contribution in [2.75, 3.05) is 6.61 Å². The lowest BCUT2D eigenvalue weighted by Gasteiger charge is -2.04. The second-order valence-corrected chi connectivity index (χ2v) is 5.37. The number of hydrogen-bond acceptors (Lipinski definition) is 5. The first kappa shape index (κ1) is 18.1. The number of hydrogen-bond donors (Lipinski definition) is 1. The highest BCUT2D eigenvalue weighted by molar-refractivity contribution is 5.95. The van der Waals surface area contributed by atoms with Gasteiger partial charge in [-0.15, -0.1) is 0 Å². The molecule has 2 aromatic carbocycles. The first-order chi connectivity index (χ1) is 12.0. The highest BCUT2D eigenvalue weighted by Gasteiger charge is 2.14. The smallest absolute Gasteiger partial charge is 0.273 e. The Bertz CT molecular complexity index is 785.